The second-order valence-corrected chi connectivity index (χ2v) is 4.34. The molecule has 2 aliphatic rings. The van der Waals surface area contributed by atoms with Crippen LogP contribution in [0.5, 0.6) is 0 Å². The summed E-state index contributed by atoms with van der Waals surface area (Å²) in [6, 6.07) is 0.322. The Hall–Kier alpha value is -0.120. The lowest BCUT2D eigenvalue weighted by Crippen LogP contribution is -2.70. The minimum atomic E-state index is -0.450. The zero-order valence-corrected chi connectivity index (χ0v) is 7.64. The molecule has 3 heteroatoms. The van der Waals surface area contributed by atoms with Crippen LogP contribution in [0.3, 0.4) is 0 Å². The van der Waals surface area contributed by atoms with Crippen molar-refractivity contribution >= 4 is 0 Å². The van der Waals surface area contributed by atoms with Gasteiger partial charge in [0.2, 0.25) is 0 Å². The van der Waals surface area contributed by atoms with E-state index < -0.39 is 5.60 Å². The molecule has 2 saturated heterocycles. The summed E-state index contributed by atoms with van der Waals surface area (Å²) < 4.78 is 0. The van der Waals surface area contributed by atoms with Crippen molar-refractivity contribution in [1.82, 2.24) is 10.6 Å². The van der Waals surface area contributed by atoms with Crippen molar-refractivity contribution < 1.29 is 5.11 Å². The van der Waals surface area contributed by atoms with Crippen LogP contribution >= 0.6 is 0 Å². The lowest BCUT2D eigenvalue weighted by atomic mass is 9.80. The second-order valence-electron chi connectivity index (χ2n) is 4.34. The van der Waals surface area contributed by atoms with E-state index in [1.165, 1.54) is 6.42 Å². The molecule has 2 aliphatic heterocycles. The summed E-state index contributed by atoms with van der Waals surface area (Å²) in [5.41, 5.74) is -0.450. The summed E-state index contributed by atoms with van der Waals surface area (Å²) in [4.78, 5) is 0. The van der Waals surface area contributed by atoms with Crippen molar-refractivity contribution in [2.45, 2.75) is 31.4 Å². The van der Waals surface area contributed by atoms with Crippen LogP contribution in [0.2, 0.25) is 0 Å². The molecule has 12 heavy (non-hydrogen) atoms. The van der Waals surface area contributed by atoms with Crippen molar-refractivity contribution in [1.29, 1.82) is 0 Å². The van der Waals surface area contributed by atoms with Crippen molar-refractivity contribution in [3.8, 4) is 0 Å². The lowest BCUT2D eigenvalue weighted by molar-refractivity contribution is -0.0543. The first-order valence-electron chi connectivity index (χ1n) is 4.87. The Morgan fingerprint density at radius 3 is 2.67 bits per heavy atom. The molecule has 0 amide bonds. The van der Waals surface area contributed by atoms with Crippen LogP contribution in [-0.4, -0.2) is 36.4 Å². The second kappa shape index (κ2) is 2.98. The van der Waals surface area contributed by atoms with Crippen molar-refractivity contribution in [2.75, 3.05) is 19.6 Å². The molecule has 70 valence electrons. The first-order valence-corrected chi connectivity index (χ1v) is 4.87. The van der Waals surface area contributed by atoms with E-state index in [1.54, 1.807) is 0 Å². The van der Waals surface area contributed by atoms with Gasteiger partial charge >= 0.3 is 0 Å². The number of aliphatic hydroxyl groups is 1. The molecular weight excluding hydrogens is 152 g/mol. The number of rotatable bonds is 1. The molecule has 0 aliphatic carbocycles. The molecule has 0 aromatic rings. The van der Waals surface area contributed by atoms with Crippen LogP contribution in [0.4, 0.5) is 0 Å². The molecule has 3 nitrogen and oxygen atoms in total. The molecule has 0 aromatic carbocycles. The zero-order valence-electron chi connectivity index (χ0n) is 7.64. The molecule has 0 saturated carbocycles. The Kier molecular flexibility index (Phi) is 2.10. The maximum atomic E-state index is 10.0. The summed E-state index contributed by atoms with van der Waals surface area (Å²) in [7, 11) is 0. The third kappa shape index (κ3) is 1.37. The smallest absolute Gasteiger partial charge is 0.105 e. The van der Waals surface area contributed by atoms with Gasteiger partial charge in [-0.2, -0.15) is 0 Å². The molecule has 0 aromatic heterocycles. The van der Waals surface area contributed by atoms with E-state index in [1.807, 2.05) is 0 Å². The van der Waals surface area contributed by atoms with Crippen LogP contribution in [0, 0.1) is 5.92 Å². The van der Waals surface area contributed by atoms with E-state index in [0.717, 1.165) is 32.0 Å². The van der Waals surface area contributed by atoms with Gasteiger partial charge in [-0.05, 0) is 25.3 Å². The maximum Gasteiger partial charge on any atom is 0.105 e. The largest absolute Gasteiger partial charge is 0.386 e. The topological polar surface area (TPSA) is 44.3 Å². The molecule has 2 fully saturated rings. The van der Waals surface area contributed by atoms with E-state index in [4.69, 9.17) is 0 Å². The molecule has 2 atom stereocenters. The Labute approximate surface area is 73.5 Å². The Bertz CT molecular complexity index is 168. The van der Waals surface area contributed by atoms with E-state index >= 15 is 0 Å². The van der Waals surface area contributed by atoms with Crippen molar-refractivity contribution in [3.63, 3.8) is 0 Å². The molecule has 2 unspecified atom stereocenters. The summed E-state index contributed by atoms with van der Waals surface area (Å²) >= 11 is 0. The average Bonchev–Trinajstić information content (AvgIpc) is 2.00. The number of β-amino-alcohol motifs (C(OH)–C–C–N with tert-alkyl or cyclic N) is 1. The van der Waals surface area contributed by atoms with Gasteiger partial charge in [0.05, 0.1) is 0 Å². The van der Waals surface area contributed by atoms with Crippen molar-refractivity contribution in [2.24, 2.45) is 5.92 Å². The van der Waals surface area contributed by atoms with Gasteiger partial charge in [-0.15, -0.1) is 0 Å². The summed E-state index contributed by atoms with van der Waals surface area (Å²) in [5.74, 6) is 0.765. The van der Waals surface area contributed by atoms with E-state index in [9.17, 15) is 5.11 Å². The molecular formula is C9H18N2O. The molecule has 2 heterocycles. The Morgan fingerprint density at radius 1 is 1.42 bits per heavy atom. The molecule has 0 bridgehead atoms. The maximum absolute atomic E-state index is 10.0. The van der Waals surface area contributed by atoms with Crippen LogP contribution in [-0.2, 0) is 0 Å². The fourth-order valence-electron chi connectivity index (χ4n) is 2.14. The van der Waals surface area contributed by atoms with Crippen LogP contribution in [0.1, 0.15) is 19.8 Å². The Balaban J connectivity index is 1.94. The highest BCUT2D eigenvalue weighted by atomic mass is 16.3. The van der Waals surface area contributed by atoms with Gasteiger partial charge in [-0.25, -0.2) is 0 Å². The number of hydrogen-bond acceptors (Lipinski definition) is 3. The van der Waals surface area contributed by atoms with Gasteiger partial charge < -0.3 is 15.7 Å². The highest BCUT2D eigenvalue weighted by Crippen LogP contribution is 2.25. The SMILES string of the molecule is CC1CCNC(C2(O)CNC2)C1. The van der Waals surface area contributed by atoms with Gasteiger partial charge in [0.15, 0.2) is 0 Å². The Morgan fingerprint density at radius 2 is 2.17 bits per heavy atom. The predicted octanol–water partition coefficient (Wildman–Crippen LogP) is -0.291. The van der Waals surface area contributed by atoms with Gasteiger partial charge in [0, 0.05) is 19.1 Å². The molecule has 0 spiro atoms. The highest BCUT2D eigenvalue weighted by Gasteiger charge is 2.43. The van der Waals surface area contributed by atoms with Crippen LogP contribution in [0.25, 0.3) is 0 Å². The van der Waals surface area contributed by atoms with Crippen LogP contribution in [0.15, 0.2) is 0 Å². The predicted molar refractivity (Wildman–Crippen MR) is 48.0 cm³/mol. The first kappa shape index (κ1) is 8.48. The van der Waals surface area contributed by atoms with E-state index in [0.29, 0.717) is 6.04 Å². The first-order chi connectivity index (χ1) is 5.71. The molecule has 0 radical (unpaired) electrons. The van der Waals surface area contributed by atoms with Crippen molar-refractivity contribution in [3.05, 3.63) is 0 Å². The number of piperidine rings is 1. The van der Waals surface area contributed by atoms with E-state index in [2.05, 4.69) is 17.6 Å². The third-order valence-corrected chi connectivity index (χ3v) is 3.18. The summed E-state index contributed by atoms with van der Waals surface area (Å²) in [6.07, 6.45) is 2.37. The fraction of sp³-hybridized carbons (Fsp3) is 1.00. The third-order valence-electron chi connectivity index (χ3n) is 3.18. The number of hydrogen-bond donors (Lipinski definition) is 3. The standard InChI is InChI=1S/C9H18N2O/c1-7-2-3-11-8(4-7)9(12)5-10-6-9/h7-8,10-12H,2-6H2,1H3. The normalized spacial score (nSPS) is 40.5. The summed E-state index contributed by atoms with van der Waals surface area (Å²) in [5, 5.41) is 16.6. The fourth-order valence-corrected chi connectivity index (χ4v) is 2.14. The minimum Gasteiger partial charge on any atom is -0.386 e. The highest BCUT2D eigenvalue weighted by molar-refractivity contribution is 5.03. The summed E-state index contributed by atoms with van der Waals surface area (Å²) in [6.45, 7) is 4.85. The monoisotopic (exact) mass is 170 g/mol. The zero-order chi connectivity index (χ0) is 8.60. The van der Waals surface area contributed by atoms with Gasteiger partial charge in [-0.1, -0.05) is 6.92 Å². The number of nitrogens with one attached hydrogen (secondary N) is 2. The van der Waals surface area contributed by atoms with Crippen LogP contribution < -0.4 is 10.6 Å². The van der Waals surface area contributed by atoms with E-state index in [-0.39, 0.29) is 0 Å². The van der Waals surface area contributed by atoms with Gasteiger partial charge in [0.1, 0.15) is 5.60 Å². The minimum absolute atomic E-state index is 0.322. The molecule has 2 rings (SSSR count). The van der Waals surface area contributed by atoms with Gasteiger partial charge in [0.25, 0.3) is 0 Å². The van der Waals surface area contributed by atoms with Gasteiger partial charge in [-0.3, -0.25) is 0 Å². The quantitative estimate of drug-likeness (QED) is 0.506. The molecule has 3 N–H and O–H groups in total. The average molecular weight is 170 g/mol. The lowest BCUT2D eigenvalue weighted by Gasteiger charge is -2.46.